The maximum Gasteiger partial charge on any atom is 0.122 e. The molecule has 1 unspecified atom stereocenters. The fourth-order valence-electron chi connectivity index (χ4n) is 3.06. The Balaban J connectivity index is 1.57. The summed E-state index contributed by atoms with van der Waals surface area (Å²) >= 11 is 5.89. The van der Waals surface area contributed by atoms with E-state index in [1.54, 1.807) is 11.2 Å². The fraction of sp³-hybridized carbons (Fsp3) is 0.667. The van der Waals surface area contributed by atoms with Crippen molar-refractivity contribution in [2.24, 2.45) is 0 Å². The van der Waals surface area contributed by atoms with Gasteiger partial charge < -0.3 is 4.90 Å². The van der Waals surface area contributed by atoms with Crippen LogP contribution in [0.3, 0.4) is 0 Å². The number of hydrogen-bond donors (Lipinski definition) is 1. The van der Waals surface area contributed by atoms with Crippen LogP contribution in [-0.4, -0.2) is 35.3 Å². The van der Waals surface area contributed by atoms with Gasteiger partial charge in [-0.15, -0.1) is 0 Å². The van der Waals surface area contributed by atoms with Gasteiger partial charge >= 0.3 is 0 Å². The summed E-state index contributed by atoms with van der Waals surface area (Å²) in [5, 5.41) is 2.21. The van der Waals surface area contributed by atoms with Crippen LogP contribution in [0, 0.1) is 0 Å². The summed E-state index contributed by atoms with van der Waals surface area (Å²) in [5.41, 5.74) is 2.96. The van der Waals surface area contributed by atoms with E-state index in [0.717, 1.165) is 12.8 Å². The summed E-state index contributed by atoms with van der Waals surface area (Å²) in [6.45, 7) is 0. The van der Waals surface area contributed by atoms with E-state index >= 15 is 0 Å². The van der Waals surface area contributed by atoms with Gasteiger partial charge in [-0.1, -0.05) is 11.6 Å². The number of nitrogens with one attached hydrogen (secondary N) is 1. The third kappa shape index (κ3) is 2.30. The highest BCUT2D eigenvalue weighted by Crippen LogP contribution is 2.35. The number of halogens is 1. The van der Waals surface area contributed by atoms with Gasteiger partial charge in [0, 0.05) is 12.1 Å². The van der Waals surface area contributed by atoms with Gasteiger partial charge in [-0.25, -0.2) is 0 Å². The van der Waals surface area contributed by atoms with E-state index in [-0.39, 0.29) is 0 Å². The Morgan fingerprint density at radius 3 is 2.71 bits per heavy atom. The molecule has 0 saturated carbocycles. The molecular formula is C12H18ClN3O. The lowest BCUT2D eigenvalue weighted by molar-refractivity contribution is -0.205. The van der Waals surface area contributed by atoms with Crippen LogP contribution in [0.2, 0.25) is 0 Å². The highest BCUT2D eigenvalue weighted by molar-refractivity contribution is 6.29. The van der Waals surface area contributed by atoms with Crippen LogP contribution in [0.1, 0.15) is 25.7 Å². The van der Waals surface area contributed by atoms with Gasteiger partial charge in [-0.3, -0.25) is 10.3 Å². The van der Waals surface area contributed by atoms with Gasteiger partial charge in [0.05, 0.1) is 12.3 Å². The third-order valence-electron chi connectivity index (χ3n) is 4.00. The van der Waals surface area contributed by atoms with E-state index in [1.807, 2.05) is 12.3 Å². The minimum absolute atomic E-state index is 0.295. The Labute approximate surface area is 107 Å². The van der Waals surface area contributed by atoms with E-state index < -0.39 is 0 Å². The molecule has 3 atom stereocenters. The van der Waals surface area contributed by atoms with Crippen molar-refractivity contribution in [3.63, 3.8) is 0 Å². The van der Waals surface area contributed by atoms with Crippen molar-refractivity contribution >= 4 is 11.6 Å². The quantitative estimate of drug-likeness (QED) is 0.764. The normalized spacial score (nSPS) is 36.9. The molecule has 3 aliphatic heterocycles. The Morgan fingerprint density at radius 2 is 2.06 bits per heavy atom. The molecule has 0 aliphatic carbocycles. The van der Waals surface area contributed by atoms with Crippen molar-refractivity contribution in [1.29, 1.82) is 0 Å². The molecule has 2 bridgehead atoms. The second kappa shape index (κ2) is 4.52. The molecule has 0 amide bonds. The standard InChI is InChI=1S/C12H18ClN3O/c1-15-9-4-5-10(15)8-11(7-9)17-16-6-2-3-12(13)14-16/h2-3,6,9-11,14H,4-5,7-8H2,1H3/t9-,10+,11?. The molecule has 17 heavy (non-hydrogen) atoms. The van der Waals surface area contributed by atoms with Gasteiger partial charge in [-0.05, 0) is 44.9 Å². The predicted molar refractivity (Wildman–Crippen MR) is 66.7 cm³/mol. The van der Waals surface area contributed by atoms with Crippen LogP contribution in [0.25, 0.3) is 0 Å². The van der Waals surface area contributed by atoms with Crippen LogP contribution in [0.4, 0.5) is 0 Å². The molecule has 0 spiro atoms. The first-order valence-electron chi connectivity index (χ1n) is 6.21. The van der Waals surface area contributed by atoms with Crippen LogP contribution in [-0.2, 0) is 4.84 Å². The molecule has 3 heterocycles. The van der Waals surface area contributed by atoms with Crippen molar-refractivity contribution in [1.82, 2.24) is 15.5 Å². The minimum atomic E-state index is 0.295. The number of hydrogen-bond acceptors (Lipinski definition) is 4. The molecule has 94 valence electrons. The molecule has 0 aromatic carbocycles. The number of fused-ring (bicyclic) bond motifs is 2. The summed E-state index contributed by atoms with van der Waals surface area (Å²) < 4.78 is 0. The molecule has 3 rings (SSSR count). The first-order valence-corrected chi connectivity index (χ1v) is 6.59. The average Bonchev–Trinajstić information content (AvgIpc) is 2.52. The van der Waals surface area contributed by atoms with Crippen molar-refractivity contribution < 1.29 is 4.84 Å². The fourth-order valence-corrected chi connectivity index (χ4v) is 3.21. The van der Waals surface area contributed by atoms with E-state index in [2.05, 4.69) is 17.4 Å². The molecular weight excluding hydrogens is 238 g/mol. The van der Waals surface area contributed by atoms with Crippen LogP contribution < -0.4 is 5.43 Å². The van der Waals surface area contributed by atoms with Crippen molar-refractivity contribution in [2.75, 3.05) is 7.05 Å². The first kappa shape index (κ1) is 11.4. The smallest absolute Gasteiger partial charge is 0.122 e. The molecule has 0 aromatic rings. The predicted octanol–water partition coefficient (Wildman–Crippen LogP) is 1.96. The Morgan fingerprint density at radius 1 is 1.35 bits per heavy atom. The lowest BCUT2D eigenvalue weighted by Gasteiger charge is -2.37. The summed E-state index contributed by atoms with van der Waals surface area (Å²) in [7, 11) is 2.23. The maximum absolute atomic E-state index is 5.92. The molecule has 0 aromatic heterocycles. The van der Waals surface area contributed by atoms with Crippen LogP contribution in [0.15, 0.2) is 23.5 Å². The van der Waals surface area contributed by atoms with E-state index in [0.29, 0.717) is 23.3 Å². The Hall–Kier alpha value is -0.710. The molecule has 3 aliphatic rings. The van der Waals surface area contributed by atoms with E-state index in [4.69, 9.17) is 16.4 Å². The topological polar surface area (TPSA) is 27.7 Å². The number of nitrogens with zero attached hydrogens (tertiary/aromatic N) is 2. The van der Waals surface area contributed by atoms with Gasteiger partial charge in [0.1, 0.15) is 5.16 Å². The number of hydroxylamine groups is 1. The molecule has 1 N–H and O–H groups in total. The van der Waals surface area contributed by atoms with Crippen LogP contribution >= 0.6 is 11.6 Å². The van der Waals surface area contributed by atoms with Crippen molar-refractivity contribution in [3.05, 3.63) is 23.5 Å². The number of piperidine rings is 1. The number of rotatable bonds is 2. The van der Waals surface area contributed by atoms with Gasteiger partial charge in [-0.2, -0.15) is 5.17 Å². The monoisotopic (exact) mass is 255 g/mol. The lowest BCUT2D eigenvalue weighted by atomic mass is 10.0. The van der Waals surface area contributed by atoms with Crippen molar-refractivity contribution in [2.45, 2.75) is 43.9 Å². The second-order valence-corrected chi connectivity index (χ2v) is 5.45. The highest BCUT2D eigenvalue weighted by atomic mass is 35.5. The Kier molecular flexibility index (Phi) is 3.03. The molecule has 4 nitrogen and oxygen atoms in total. The number of hydrazine groups is 1. The van der Waals surface area contributed by atoms with Crippen LogP contribution in [0.5, 0.6) is 0 Å². The SMILES string of the molecule is CN1[C@@H]2CC[C@H]1CC(ON1C=CC=C(Cl)N1)C2. The summed E-state index contributed by atoms with van der Waals surface area (Å²) in [6, 6.07) is 1.39. The third-order valence-corrected chi connectivity index (χ3v) is 4.21. The zero-order valence-corrected chi connectivity index (χ0v) is 10.7. The summed E-state index contributed by atoms with van der Waals surface area (Å²) in [5.74, 6) is 0. The first-order chi connectivity index (χ1) is 8.22. The molecule has 0 radical (unpaired) electrons. The van der Waals surface area contributed by atoms with Gasteiger partial charge in [0.15, 0.2) is 0 Å². The van der Waals surface area contributed by atoms with Crippen molar-refractivity contribution in [3.8, 4) is 0 Å². The average molecular weight is 256 g/mol. The Bertz CT molecular complexity index is 344. The highest BCUT2D eigenvalue weighted by Gasteiger charge is 2.39. The molecule has 2 fully saturated rings. The second-order valence-electron chi connectivity index (χ2n) is 5.04. The lowest BCUT2D eigenvalue weighted by Crippen LogP contribution is -2.46. The largest absolute Gasteiger partial charge is 0.300 e. The molecule has 2 saturated heterocycles. The zero-order valence-electron chi connectivity index (χ0n) is 9.97. The zero-order chi connectivity index (χ0) is 11.8. The maximum atomic E-state index is 5.92. The summed E-state index contributed by atoms with van der Waals surface area (Å²) in [4.78, 5) is 8.42. The minimum Gasteiger partial charge on any atom is -0.300 e. The number of allylic oxidation sites excluding steroid dienone is 2. The van der Waals surface area contributed by atoms with E-state index in [1.165, 1.54) is 12.8 Å². The van der Waals surface area contributed by atoms with Gasteiger partial charge in [0.2, 0.25) is 0 Å². The summed E-state index contributed by atoms with van der Waals surface area (Å²) in [6.07, 6.45) is 10.7. The van der Waals surface area contributed by atoms with E-state index in [9.17, 15) is 0 Å². The molecule has 5 heteroatoms. The van der Waals surface area contributed by atoms with Gasteiger partial charge in [0.25, 0.3) is 0 Å².